The van der Waals surface area contributed by atoms with Crippen LogP contribution in [0.25, 0.3) is 0 Å². The zero-order valence-electron chi connectivity index (χ0n) is 4.70. The molecule has 3 nitrogen and oxygen atoms in total. The van der Waals surface area contributed by atoms with Gasteiger partial charge in [-0.2, -0.15) is 0 Å². The third-order valence-corrected chi connectivity index (χ3v) is 1.79. The van der Waals surface area contributed by atoms with Gasteiger partial charge in [0.05, 0.1) is 4.91 Å². The van der Waals surface area contributed by atoms with Crippen LogP contribution >= 0.6 is 11.8 Å². The maximum atomic E-state index is 10.4. The number of rotatable bonds is 1. The van der Waals surface area contributed by atoms with Crippen molar-refractivity contribution < 1.29 is 4.79 Å². The Morgan fingerprint density at radius 1 is 1.89 bits per heavy atom. The van der Waals surface area contributed by atoms with Gasteiger partial charge in [0.2, 0.25) is 0 Å². The number of primary amides is 1. The van der Waals surface area contributed by atoms with Crippen molar-refractivity contribution in [2.24, 2.45) is 10.7 Å². The lowest BCUT2D eigenvalue weighted by Gasteiger charge is -2.00. The number of nitrogens with two attached hydrogens (primary N) is 1. The molecule has 0 aromatic carbocycles. The minimum Gasteiger partial charge on any atom is -0.365 e. The van der Waals surface area contributed by atoms with Crippen molar-refractivity contribution >= 4 is 23.9 Å². The van der Waals surface area contributed by atoms with Crippen LogP contribution in [-0.2, 0) is 4.79 Å². The summed E-state index contributed by atoms with van der Waals surface area (Å²) in [7, 11) is 0. The van der Waals surface area contributed by atoms with Gasteiger partial charge in [-0.3, -0.25) is 9.79 Å². The molecular weight excluding hydrogens is 136 g/mol. The molecule has 1 aliphatic heterocycles. The smallest absolute Gasteiger partial charge is 0.256 e. The van der Waals surface area contributed by atoms with Crippen LogP contribution in [0.15, 0.2) is 16.1 Å². The molecule has 0 bridgehead atoms. The van der Waals surface area contributed by atoms with Gasteiger partial charge in [-0.25, -0.2) is 0 Å². The van der Waals surface area contributed by atoms with Crippen LogP contribution in [-0.4, -0.2) is 17.9 Å². The first kappa shape index (κ1) is 6.35. The van der Waals surface area contributed by atoms with Crippen molar-refractivity contribution in [1.82, 2.24) is 0 Å². The number of amides is 1. The lowest BCUT2D eigenvalue weighted by molar-refractivity contribution is -0.113. The predicted molar refractivity (Wildman–Crippen MR) is 38.2 cm³/mol. The molecule has 0 spiro atoms. The molecule has 9 heavy (non-hydrogen) atoms. The second kappa shape index (κ2) is 2.68. The highest BCUT2D eigenvalue weighted by Gasteiger charge is 2.05. The maximum absolute atomic E-state index is 10.4. The summed E-state index contributed by atoms with van der Waals surface area (Å²) in [5.74, 6) is 0.353. The van der Waals surface area contributed by atoms with E-state index in [1.54, 1.807) is 6.21 Å². The molecule has 0 aliphatic carbocycles. The quantitative estimate of drug-likeness (QED) is 0.565. The Morgan fingerprint density at radius 3 is 3.00 bits per heavy atom. The average Bonchev–Trinajstić information content (AvgIpc) is 1.90. The van der Waals surface area contributed by atoms with Crippen molar-refractivity contribution in [3.05, 3.63) is 11.1 Å². The van der Waals surface area contributed by atoms with Crippen molar-refractivity contribution in [2.75, 3.05) is 5.75 Å². The summed E-state index contributed by atoms with van der Waals surface area (Å²) in [5, 5.41) is 0. The van der Waals surface area contributed by atoms with Crippen molar-refractivity contribution in [3.8, 4) is 0 Å². The van der Waals surface area contributed by atoms with Gasteiger partial charge in [0, 0.05) is 18.2 Å². The molecule has 1 heterocycles. The Balaban J connectivity index is 2.68. The maximum Gasteiger partial charge on any atom is 0.256 e. The first-order valence-corrected chi connectivity index (χ1v) is 3.43. The fraction of sp³-hybridized carbons (Fsp3) is 0.200. The Kier molecular flexibility index (Phi) is 1.89. The SMILES string of the molecule is NC(=O)C1=CN=CCS1. The minimum atomic E-state index is -0.392. The predicted octanol–water partition coefficient (Wildman–Crippen LogP) is 0.131. The first-order valence-electron chi connectivity index (χ1n) is 2.45. The second-order valence-corrected chi connectivity index (χ2v) is 2.56. The summed E-state index contributed by atoms with van der Waals surface area (Å²) in [6.07, 6.45) is 3.22. The fourth-order valence-electron chi connectivity index (χ4n) is 0.462. The molecule has 0 saturated carbocycles. The van der Waals surface area contributed by atoms with E-state index < -0.39 is 5.91 Å². The standard InChI is InChI=1S/C5H6N2OS/c6-5(8)4-3-7-1-2-9-4/h1,3H,2H2,(H2,6,8). The summed E-state index contributed by atoms with van der Waals surface area (Å²) < 4.78 is 0. The van der Waals surface area contributed by atoms with Gasteiger partial charge < -0.3 is 5.73 Å². The van der Waals surface area contributed by atoms with Gasteiger partial charge in [-0.05, 0) is 0 Å². The highest BCUT2D eigenvalue weighted by atomic mass is 32.2. The minimum absolute atomic E-state index is 0.392. The van der Waals surface area contributed by atoms with Crippen LogP contribution < -0.4 is 5.73 Å². The van der Waals surface area contributed by atoms with Gasteiger partial charge in [0.15, 0.2) is 0 Å². The van der Waals surface area contributed by atoms with Gasteiger partial charge in [0.25, 0.3) is 5.91 Å². The molecule has 2 N–H and O–H groups in total. The molecule has 1 aliphatic rings. The lowest BCUT2D eigenvalue weighted by atomic mass is 10.6. The van der Waals surface area contributed by atoms with Crippen molar-refractivity contribution in [3.63, 3.8) is 0 Å². The van der Waals surface area contributed by atoms with Gasteiger partial charge in [-0.1, -0.05) is 0 Å². The third-order valence-electron chi connectivity index (χ3n) is 0.853. The van der Waals surface area contributed by atoms with Gasteiger partial charge in [-0.15, -0.1) is 11.8 Å². The summed E-state index contributed by atoms with van der Waals surface area (Å²) in [4.78, 5) is 14.7. The van der Waals surface area contributed by atoms with E-state index in [0.717, 1.165) is 5.75 Å². The lowest BCUT2D eigenvalue weighted by Crippen LogP contribution is -2.13. The largest absolute Gasteiger partial charge is 0.365 e. The fourth-order valence-corrected chi connectivity index (χ4v) is 1.08. The van der Waals surface area contributed by atoms with Crippen molar-refractivity contribution in [2.45, 2.75) is 0 Å². The topological polar surface area (TPSA) is 55.5 Å². The average molecular weight is 142 g/mol. The van der Waals surface area contributed by atoms with E-state index in [9.17, 15) is 4.79 Å². The van der Waals surface area contributed by atoms with E-state index in [2.05, 4.69) is 4.99 Å². The highest BCUT2D eigenvalue weighted by Crippen LogP contribution is 2.16. The first-order chi connectivity index (χ1) is 4.30. The monoisotopic (exact) mass is 142 g/mol. The van der Waals surface area contributed by atoms with Crippen LogP contribution in [0.4, 0.5) is 0 Å². The highest BCUT2D eigenvalue weighted by molar-refractivity contribution is 8.04. The van der Waals surface area contributed by atoms with Crippen LogP contribution in [0.1, 0.15) is 0 Å². The van der Waals surface area contributed by atoms with E-state index in [1.165, 1.54) is 18.0 Å². The molecule has 0 aromatic rings. The summed E-state index contributed by atoms with van der Waals surface area (Å²) in [6, 6.07) is 0. The van der Waals surface area contributed by atoms with E-state index in [-0.39, 0.29) is 0 Å². The molecule has 0 fully saturated rings. The molecule has 0 saturated heterocycles. The van der Waals surface area contributed by atoms with Crippen LogP contribution in [0, 0.1) is 0 Å². The third kappa shape index (κ3) is 1.57. The summed E-state index contributed by atoms with van der Waals surface area (Å²) in [5.41, 5.74) is 4.97. The molecule has 4 heteroatoms. The van der Waals surface area contributed by atoms with E-state index in [0.29, 0.717) is 4.91 Å². The number of carbonyl (C=O) groups excluding carboxylic acids is 1. The van der Waals surface area contributed by atoms with Crippen LogP contribution in [0.5, 0.6) is 0 Å². The van der Waals surface area contributed by atoms with Gasteiger partial charge in [0.1, 0.15) is 0 Å². The number of hydrogen-bond acceptors (Lipinski definition) is 3. The molecule has 0 unspecified atom stereocenters. The number of nitrogens with zero attached hydrogens (tertiary/aromatic N) is 1. The summed E-state index contributed by atoms with van der Waals surface area (Å²) >= 11 is 1.41. The number of aliphatic imine (C=N–C) groups is 1. The zero-order chi connectivity index (χ0) is 6.69. The molecule has 48 valence electrons. The molecule has 0 radical (unpaired) electrons. The number of carbonyl (C=O) groups is 1. The molecular formula is C5H6N2OS. The zero-order valence-corrected chi connectivity index (χ0v) is 5.52. The van der Waals surface area contributed by atoms with Crippen LogP contribution in [0.2, 0.25) is 0 Å². The molecule has 1 rings (SSSR count). The van der Waals surface area contributed by atoms with E-state index in [4.69, 9.17) is 5.73 Å². The summed E-state index contributed by atoms with van der Waals surface area (Å²) in [6.45, 7) is 0. The molecule has 0 atom stereocenters. The second-order valence-electron chi connectivity index (χ2n) is 1.50. The number of thioether (sulfide) groups is 1. The Labute approximate surface area is 57.0 Å². The van der Waals surface area contributed by atoms with Crippen molar-refractivity contribution in [1.29, 1.82) is 0 Å². The van der Waals surface area contributed by atoms with E-state index in [1.807, 2.05) is 0 Å². The Hall–Kier alpha value is -0.770. The van der Waals surface area contributed by atoms with Gasteiger partial charge >= 0.3 is 0 Å². The van der Waals surface area contributed by atoms with E-state index >= 15 is 0 Å². The Bertz CT molecular complexity index is 185. The number of hydrogen-bond donors (Lipinski definition) is 1. The van der Waals surface area contributed by atoms with Crippen LogP contribution in [0.3, 0.4) is 0 Å². The Morgan fingerprint density at radius 2 is 2.67 bits per heavy atom. The normalized spacial score (nSPS) is 17.1. The molecule has 0 aromatic heterocycles. The molecule has 1 amide bonds.